The number of nitrogens with zero attached hydrogens (tertiary/aromatic N) is 1. The highest BCUT2D eigenvalue weighted by Gasteiger charge is 2.35. The first-order valence-corrected chi connectivity index (χ1v) is 4.63. The molecule has 2 nitrogen and oxygen atoms in total. The fraction of sp³-hybridized carbons (Fsp3) is 0.455. The third kappa shape index (κ3) is 1.48. The summed E-state index contributed by atoms with van der Waals surface area (Å²) >= 11 is 0. The highest BCUT2D eigenvalue weighted by molar-refractivity contribution is 5.82. The van der Waals surface area contributed by atoms with E-state index in [1.54, 1.807) is 6.20 Å². The number of hydrogen-bond donors (Lipinski definition) is 0. The number of ketones is 1. The lowest BCUT2D eigenvalue weighted by Crippen LogP contribution is -2.17. The predicted molar refractivity (Wildman–Crippen MR) is 50.4 cm³/mol. The molecule has 0 radical (unpaired) electrons. The van der Waals surface area contributed by atoms with E-state index in [0.717, 1.165) is 12.8 Å². The zero-order valence-corrected chi connectivity index (χ0v) is 7.79. The summed E-state index contributed by atoms with van der Waals surface area (Å²) in [4.78, 5) is 15.3. The van der Waals surface area contributed by atoms with Crippen LogP contribution >= 0.6 is 0 Å². The van der Waals surface area contributed by atoms with Gasteiger partial charge in [-0.3, -0.25) is 9.78 Å². The summed E-state index contributed by atoms with van der Waals surface area (Å²) in [6.07, 6.45) is 6.02. The Bertz CT molecular complexity index is 320. The first kappa shape index (κ1) is 8.42. The van der Waals surface area contributed by atoms with Crippen molar-refractivity contribution >= 4 is 5.78 Å². The lowest BCUT2D eigenvalue weighted by atomic mass is 9.82. The summed E-state index contributed by atoms with van der Waals surface area (Å²) in [5.74, 6) is 0.381. The molecular weight excluding hydrogens is 162 g/mol. The van der Waals surface area contributed by atoms with Gasteiger partial charge in [0.05, 0.1) is 0 Å². The molecule has 68 valence electrons. The largest absolute Gasteiger partial charge is 0.300 e. The zero-order valence-electron chi connectivity index (χ0n) is 7.79. The van der Waals surface area contributed by atoms with Crippen LogP contribution in [-0.2, 0) is 10.2 Å². The maximum atomic E-state index is 11.2. The quantitative estimate of drug-likeness (QED) is 0.654. The van der Waals surface area contributed by atoms with E-state index in [1.807, 2.05) is 12.3 Å². The average molecular weight is 175 g/mol. The van der Waals surface area contributed by atoms with Gasteiger partial charge in [0.15, 0.2) is 0 Å². The second-order valence-electron chi connectivity index (χ2n) is 4.02. The van der Waals surface area contributed by atoms with E-state index in [0.29, 0.717) is 12.2 Å². The van der Waals surface area contributed by atoms with Crippen LogP contribution in [0.15, 0.2) is 24.5 Å². The molecule has 1 aromatic rings. The molecule has 1 atom stereocenters. The Morgan fingerprint density at radius 2 is 2.38 bits per heavy atom. The molecule has 1 heterocycles. The normalized spacial score (nSPS) is 27.9. The molecule has 0 spiro atoms. The molecule has 1 aliphatic carbocycles. The number of carbonyl (C=O) groups excluding carboxylic acids is 1. The van der Waals surface area contributed by atoms with Gasteiger partial charge in [-0.15, -0.1) is 0 Å². The van der Waals surface area contributed by atoms with Crippen LogP contribution in [0, 0.1) is 0 Å². The van der Waals surface area contributed by atoms with Crippen molar-refractivity contribution in [2.45, 2.75) is 31.6 Å². The molecule has 0 saturated heterocycles. The molecule has 1 unspecified atom stereocenters. The van der Waals surface area contributed by atoms with E-state index in [-0.39, 0.29) is 5.41 Å². The van der Waals surface area contributed by atoms with Crippen molar-refractivity contribution in [3.63, 3.8) is 0 Å². The second kappa shape index (κ2) is 2.95. The fourth-order valence-corrected chi connectivity index (χ4v) is 1.99. The molecule has 2 heteroatoms. The van der Waals surface area contributed by atoms with Gasteiger partial charge in [0.2, 0.25) is 0 Å². The maximum Gasteiger partial charge on any atom is 0.133 e. The van der Waals surface area contributed by atoms with Crippen LogP contribution in [0.4, 0.5) is 0 Å². The summed E-state index contributed by atoms with van der Waals surface area (Å²) in [7, 11) is 0. The van der Waals surface area contributed by atoms with E-state index in [9.17, 15) is 4.79 Å². The lowest BCUT2D eigenvalue weighted by molar-refractivity contribution is -0.117. The SMILES string of the molecule is CC1(c2cccnc2)CCC(=O)C1. The van der Waals surface area contributed by atoms with Crippen LogP contribution in [0.5, 0.6) is 0 Å². The summed E-state index contributed by atoms with van der Waals surface area (Å²) in [6.45, 7) is 2.15. The van der Waals surface area contributed by atoms with Crippen LogP contribution in [0.1, 0.15) is 31.7 Å². The number of aromatic nitrogens is 1. The molecule has 1 aromatic heterocycles. The van der Waals surface area contributed by atoms with Crippen LogP contribution in [-0.4, -0.2) is 10.8 Å². The molecule has 0 bridgehead atoms. The van der Waals surface area contributed by atoms with Crippen molar-refractivity contribution in [1.29, 1.82) is 0 Å². The Balaban J connectivity index is 2.31. The smallest absolute Gasteiger partial charge is 0.133 e. The molecule has 2 rings (SSSR count). The van der Waals surface area contributed by atoms with E-state index in [4.69, 9.17) is 0 Å². The minimum absolute atomic E-state index is 0.0470. The molecule has 0 aromatic carbocycles. The van der Waals surface area contributed by atoms with Gasteiger partial charge in [0.1, 0.15) is 5.78 Å². The van der Waals surface area contributed by atoms with Gasteiger partial charge in [-0.2, -0.15) is 0 Å². The Kier molecular flexibility index (Phi) is 1.91. The number of rotatable bonds is 1. The third-order valence-electron chi connectivity index (χ3n) is 2.90. The van der Waals surface area contributed by atoms with Gasteiger partial charge < -0.3 is 0 Å². The van der Waals surface area contributed by atoms with Crippen molar-refractivity contribution in [3.05, 3.63) is 30.1 Å². The van der Waals surface area contributed by atoms with Gasteiger partial charge in [-0.1, -0.05) is 13.0 Å². The molecule has 1 aliphatic rings. The third-order valence-corrected chi connectivity index (χ3v) is 2.90. The second-order valence-corrected chi connectivity index (χ2v) is 4.02. The molecule has 1 saturated carbocycles. The lowest BCUT2D eigenvalue weighted by Gasteiger charge is -2.22. The first-order chi connectivity index (χ1) is 6.21. The fourth-order valence-electron chi connectivity index (χ4n) is 1.99. The number of hydrogen-bond acceptors (Lipinski definition) is 2. The number of Topliss-reactive ketones (excluding diaryl/α,β-unsaturated/α-hetero) is 1. The standard InChI is InChI=1S/C11H13NO/c1-11(5-4-10(13)7-11)9-3-2-6-12-8-9/h2-3,6,8H,4-5,7H2,1H3. The summed E-state index contributed by atoms with van der Waals surface area (Å²) in [5, 5.41) is 0. The van der Waals surface area contributed by atoms with Gasteiger partial charge in [0.25, 0.3) is 0 Å². The van der Waals surface area contributed by atoms with Crippen molar-refractivity contribution in [2.24, 2.45) is 0 Å². The molecule has 0 aliphatic heterocycles. The van der Waals surface area contributed by atoms with Crippen molar-refractivity contribution in [2.75, 3.05) is 0 Å². The molecule has 13 heavy (non-hydrogen) atoms. The number of carbonyl (C=O) groups is 1. The predicted octanol–water partition coefficient (Wildman–Crippen LogP) is 2.09. The van der Waals surface area contributed by atoms with E-state index < -0.39 is 0 Å². The highest BCUT2D eigenvalue weighted by atomic mass is 16.1. The van der Waals surface area contributed by atoms with Gasteiger partial charge in [0, 0.05) is 30.7 Å². The zero-order chi connectivity index (χ0) is 9.31. The van der Waals surface area contributed by atoms with Crippen molar-refractivity contribution < 1.29 is 4.79 Å². The highest BCUT2D eigenvalue weighted by Crippen LogP contribution is 2.38. The summed E-state index contributed by atoms with van der Waals surface area (Å²) < 4.78 is 0. The first-order valence-electron chi connectivity index (χ1n) is 4.63. The molecule has 1 fully saturated rings. The molecular formula is C11H13NO. The molecule has 0 N–H and O–H groups in total. The van der Waals surface area contributed by atoms with E-state index >= 15 is 0 Å². The van der Waals surface area contributed by atoms with E-state index in [2.05, 4.69) is 18.0 Å². The van der Waals surface area contributed by atoms with Crippen LogP contribution in [0.3, 0.4) is 0 Å². The Labute approximate surface area is 78.0 Å². The summed E-state index contributed by atoms with van der Waals surface area (Å²) in [6, 6.07) is 4.00. The van der Waals surface area contributed by atoms with Gasteiger partial charge >= 0.3 is 0 Å². The Morgan fingerprint density at radius 3 is 2.92 bits per heavy atom. The van der Waals surface area contributed by atoms with Crippen molar-refractivity contribution in [1.82, 2.24) is 4.98 Å². The van der Waals surface area contributed by atoms with Gasteiger partial charge in [-0.05, 0) is 18.1 Å². The minimum atomic E-state index is 0.0470. The van der Waals surface area contributed by atoms with Gasteiger partial charge in [-0.25, -0.2) is 0 Å². The average Bonchev–Trinajstić information content (AvgIpc) is 2.49. The van der Waals surface area contributed by atoms with Crippen LogP contribution in [0.2, 0.25) is 0 Å². The van der Waals surface area contributed by atoms with Crippen molar-refractivity contribution in [3.8, 4) is 0 Å². The molecule has 0 amide bonds. The van der Waals surface area contributed by atoms with Crippen LogP contribution in [0.25, 0.3) is 0 Å². The number of pyridine rings is 1. The minimum Gasteiger partial charge on any atom is -0.300 e. The maximum absolute atomic E-state index is 11.2. The topological polar surface area (TPSA) is 30.0 Å². The summed E-state index contributed by atoms with van der Waals surface area (Å²) in [5.41, 5.74) is 1.24. The van der Waals surface area contributed by atoms with Crippen LogP contribution < -0.4 is 0 Å². The Morgan fingerprint density at radius 1 is 1.54 bits per heavy atom. The Hall–Kier alpha value is -1.18. The monoisotopic (exact) mass is 175 g/mol. The van der Waals surface area contributed by atoms with E-state index in [1.165, 1.54) is 5.56 Å².